The highest BCUT2D eigenvalue weighted by Crippen LogP contribution is 2.26. The van der Waals surface area contributed by atoms with Crippen LogP contribution in [0.15, 0.2) is 12.1 Å². The molecule has 2 rings (SSSR count). The van der Waals surface area contributed by atoms with Crippen LogP contribution in [0.4, 0.5) is 13.2 Å². The molecule has 1 aliphatic heterocycles. The first-order valence-corrected chi connectivity index (χ1v) is 6.55. The molecular formula is C14H18ClF3N2O. The molecule has 0 aliphatic carbocycles. The van der Waals surface area contributed by atoms with E-state index >= 15 is 0 Å². The van der Waals surface area contributed by atoms with Crippen molar-refractivity contribution >= 4 is 18.3 Å². The minimum atomic E-state index is -1.56. The number of rotatable bonds is 3. The third-order valence-electron chi connectivity index (χ3n) is 3.73. The van der Waals surface area contributed by atoms with Crippen LogP contribution in [0.25, 0.3) is 0 Å². The molecule has 0 saturated carbocycles. The summed E-state index contributed by atoms with van der Waals surface area (Å²) in [6, 6.07) is 1.41. The van der Waals surface area contributed by atoms with Gasteiger partial charge in [0.05, 0.1) is 0 Å². The maximum absolute atomic E-state index is 13.1. The first-order chi connectivity index (χ1) is 9.41. The van der Waals surface area contributed by atoms with E-state index in [9.17, 15) is 18.0 Å². The molecule has 1 fully saturated rings. The molecule has 1 aromatic rings. The zero-order valence-electron chi connectivity index (χ0n) is 11.6. The summed E-state index contributed by atoms with van der Waals surface area (Å²) in [7, 11) is 0. The van der Waals surface area contributed by atoms with Gasteiger partial charge < -0.3 is 10.6 Å². The van der Waals surface area contributed by atoms with Crippen molar-refractivity contribution in [3.63, 3.8) is 0 Å². The molecule has 1 amide bonds. The van der Waals surface area contributed by atoms with Crippen LogP contribution in [-0.2, 0) is 0 Å². The second kappa shape index (κ2) is 7.13. The molecule has 7 heteroatoms. The van der Waals surface area contributed by atoms with Crippen molar-refractivity contribution in [1.29, 1.82) is 0 Å². The Hall–Kier alpha value is -1.27. The normalized spacial score (nSPS) is 17.0. The number of benzene rings is 1. The molecular weight excluding hydrogens is 305 g/mol. The molecule has 1 saturated heterocycles. The number of hydrogen-bond donors (Lipinski definition) is 2. The molecule has 1 aromatic carbocycles. The van der Waals surface area contributed by atoms with Crippen molar-refractivity contribution in [3.8, 4) is 0 Å². The molecule has 0 spiro atoms. The summed E-state index contributed by atoms with van der Waals surface area (Å²) in [4.78, 5) is 11.9. The Morgan fingerprint density at radius 3 is 2.29 bits per heavy atom. The van der Waals surface area contributed by atoms with Gasteiger partial charge in [0.2, 0.25) is 0 Å². The van der Waals surface area contributed by atoms with E-state index < -0.39 is 23.4 Å². The summed E-state index contributed by atoms with van der Waals surface area (Å²) in [5, 5.41) is 5.89. The fraction of sp³-hybridized carbons (Fsp3) is 0.500. The van der Waals surface area contributed by atoms with Gasteiger partial charge in [0.25, 0.3) is 5.91 Å². The fourth-order valence-corrected chi connectivity index (χ4v) is 2.29. The Morgan fingerprint density at radius 2 is 1.76 bits per heavy atom. The first-order valence-electron chi connectivity index (χ1n) is 6.55. The van der Waals surface area contributed by atoms with Crippen molar-refractivity contribution in [2.75, 3.05) is 19.6 Å². The number of carbonyl (C=O) groups is 1. The number of halogens is 4. The van der Waals surface area contributed by atoms with Crippen molar-refractivity contribution < 1.29 is 18.0 Å². The first kappa shape index (κ1) is 17.8. The summed E-state index contributed by atoms with van der Waals surface area (Å²) in [6.07, 6.45) is 1.83. The van der Waals surface area contributed by atoms with E-state index in [0.717, 1.165) is 25.9 Å². The third kappa shape index (κ3) is 4.35. The highest BCUT2D eigenvalue weighted by molar-refractivity contribution is 5.94. The van der Waals surface area contributed by atoms with Crippen molar-refractivity contribution in [2.45, 2.75) is 19.8 Å². The van der Waals surface area contributed by atoms with Crippen LogP contribution in [-0.4, -0.2) is 25.5 Å². The minimum Gasteiger partial charge on any atom is -0.351 e. The Labute approximate surface area is 127 Å². The van der Waals surface area contributed by atoms with Crippen LogP contribution in [0.3, 0.4) is 0 Å². The number of hydrogen-bond acceptors (Lipinski definition) is 2. The molecule has 0 bridgehead atoms. The lowest BCUT2D eigenvalue weighted by molar-refractivity contribution is 0.0921. The zero-order chi connectivity index (χ0) is 14.8. The van der Waals surface area contributed by atoms with E-state index in [1.54, 1.807) is 0 Å². The van der Waals surface area contributed by atoms with Crippen LogP contribution in [0.5, 0.6) is 0 Å². The van der Waals surface area contributed by atoms with E-state index in [0.29, 0.717) is 18.7 Å². The largest absolute Gasteiger partial charge is 0.351 e. The van der Waals surface area contributed by atoms with Gasteiger partial charge in [-0.3, -0.25) is 4.79 Å². The van der Waals surface area contributed by atoms with Gasteiger partial charge in [0.15, 0.2) is 17.5 Å². The smallest absolute Gasteiger partial charge is 0.251 e. The predicted molar refractivity (Wildman–Crippen MR) is 76.1 cm³/mol. The van der Waals surface area contributed by atoms with Crippen molar-refractivity contribution in [1.82, 2.24) is 10.6 Å². The third-order valence-corrected chi connectivity index (χ3v) is 3.73. The van der Waals surface area contributed by atoms with E-state index in [-0.39, 0.29) is 23.4 Å². The molecule has 0 aromatic heterocycles. The van der Waals surface area contributed by atoms with Gasteiger partial charge in [-0.05, 0) is 43.5 Å². The lowest BCUT2D eigenvalue weighted by Gasteiger charge is -2.34. The highest BCUT2D eigenvalue weighted by atomic mass is 35.5. The van der Waals surface area contributed by atoms with Gasteiger partial charge in [0.1, 0.15) is 0 Å². The second-order valence-corrected chi connectivity index (χ2v) is 5.50. The van der Waals surface area contributed by atoms with Gasteiger partial charge in [0, 0.05) is 12.1 Å². The maximum Gasteiger partial charge on any atom is 0.251 e. The molecule has 0 unspecified atom stereocenters. The van der Waals surface area contributed by atoms with Crippen LogP contribution in [0.2, 0.25) is 0 Å². The highest BCUT2D eigenvalue weighted by Gasteiger charge is 2.27. The van der Waals surface area contributed by atoms with Crippen LogP contribution < -0.4 is 10.6 Å². The molecule has 118 valence electrons. The van der Waals surface area contributed by atoms with Gasteiger partial charge in [-0.25, -0.2) is 13.2 Å². The van der Waals surface area contributed by atoms with Crippen LogP contribution in [0.1, 0.15) is 30.1 Å². The van der Waals surface area contributed by atoms with Crippen molar-refractivity contribution in [2.24, 2.45) is 5.41 Å². The Bertz CT molecular complexity index is 496. The average Bonchev–Trinajstić information content (AvgIpc) is 2.42. The second-order valence-electron chi connectivity index (χ2n) is 5.50. The number of piperidine rings is 1. The average molecular weight is 323 g/mol. The monoisotopic (exact) mass is 322 g/mol. The summed E-state index contributed by atoms with van der Waals surface area (Å²) in [6.45, 7) is 4.24. The zero-order valence-corrected chi connectivity index (χ0v) is 12.5. The number of nitrogens with one attached hydrogen (secondary N) is 2. The minimum absolute atomic E-state index is 0. The summed E-state index contributed by atoms with van der Waals surface area (Å²) >= 11 is 0. The Morgan fingerprint density at radius 1 is 1.24 bits per heavy atom. The Kier molecular flexibility index (Phi) is 6.04. The topological polar surface area (TPSA) is 41.1 Å². The summed E-state index contributed by atoms with van der Waals surface area (Å²) < 4.78 is 39.0. The molecule has 0 atom stereocenters. The standard InChI is InChI=1S/C14H17F3N2O.ClH/c1-14(2-4-18-5-3-14)8-19-13(20)9-6-10(15)12(17)11(16)7-9;/h6-7,18H,2-5,8H2,1H3,(H,19,20);1H. The molecule has 1 heterocycles. The van der Waals surface area contributed by atoms with E-state index in [1.165, 1.54) is 0 Å². The summed E-state index contributed by atoms with van der Waals surface area (Å²) in [5.41, 5.74) is -0.239. The van der Waals surface area contributed by atoms with Gasteiger partial charge >= 0.3 is 0 Å². The number of amides is 1. The molecule has 21 heavy (non-hydrogen) atoms. The quantitative estimate of drug-likeness (QED) is 0.840. The fourth-order valence-electron chi connectivity index (χ4n) is 2.29. The Balaban J connectivity index is 0.00000220. The lowest BCUT2D eigenvalue weighted by atomic mass is 9.81. The van der Waals surface area contributed by atoms with E-state index in [2.05, 4.69) is 17.6 Å². The lowest BCUT2D eigenvalue weighted by Crippen LogP contribution is -2.42. The molecule has 1 aliphatic rings. The molecule has 3 nitrogen and oxygen atoms in total. The van der Waals surface area contributed by atoms with Gasteiger partial charge in [-0.2, -0.15) is 0 Å². The van der Waals surface area contributed by atoms with Crippen LogP contribution in [0, 0.1) is 22.9 Å². The van der Waals surface area contributed by atoms with Crippen LogP contribution >= 0.6 is 12.4 Å². The van der Waals surface area contributed by atoms with E-state index in [4.69, 9.17) is 0 Å². The maximum atomic E-state index is 13.1. The van der Waals surface area contributed by atoms with Gasteiger partial charge in [-0.1, -0.05) is 6.92 Å². The summed E-state index contributed by atoms with van der Waals surface area (Å²) in [5.74, 6) is -4.87. The van der Waals surface area contributed by atoms with Gasteiger partial charge in [-0.15, -0.1) is 12.4 Å². The molecule has 2 N–H and O–H groups in total. The molecule has 0 radical (unpaired) electrons. The van der Waals surface area contributed by atoms with Crippen molar-refractivity contribution in [3.05, 3.63) is 35.1 Å². The number of carbonyl (C=O) groups excluding carboxylic acids is 1. The predicted octanol–water partition coefficient (Wildman–Crippen LogP) is 2.65. The van der Waals surface area contributed by atoms with E-state index in [1.807, 2.05) is 0 Å². The SMILES string of the molecule is CC1(CNC(=O)c2cc(F)c(F)c(F)c2)CCNCC1.Cl.